The van der Waals surface area contributed by atoms with Crippen molar-refractivity contribution < 1.29 is 4.57 Å². The van der Waals surface area contributed by atoms with Gasteiger partial charge in [0, 0.05) is 31.2 Å². The molecule has 172 valence electrons. The number of anilines is 1. The van der Waals surface area contributed by atoms with Crippen LogP contribution < -0.4 is 21.5 Å². The lowest BCUT2D eigenvalue weighted by Gasteiger charge is -2.18. The van der Waals surface area contributed by atoms with Crippen LogP contribution >= 0.6 is 31.6 Å². The van der Waals surface area contributed by atoms with Crippen molar-refractivity contribution in [1.82, 2.24) is 16.2 Å². The second kappa shape index (κ2) is 14.3. The van der Waals surface area contributed by atoms with Crippen LogP contribution in [0.4, 0.5) is 5.69 Å². The number of thiocarbonyl (C=S) groups is 2. The molecule has 0 aliphatic rings. The summed E-state index contributed by atoms with van der Waals surface area (Å²) in [4.78, 5) is 0. The quantitative estimate of drug-likeness (QED) is 0.154. The minimum Gasteiger partial charge on any atom is -0.364 e. The molecule has 1 unspecified atom stereocenters. The van der Waals surface area contributed by atoms with E-state index in [1.54, 1.807) is 7.05 Å². The van der Waals surface area contributed by atoms with Gasteiger partial charge in [-0.2, -0.15) is 10.2 Å². The monoisotopic (exact) mass is 482 g/mol. The van der Waals surface area contributed by atoms with E-state index in [1.165, 1.54) is 0 Å². The number of unbranched alkanes of at least 4 members (excludes halogenated alkanes) is 1. The van der Waals surface area contributed by atoms with Crippen LogP contribution in [-0.2, 0) is 10.7 Å². The van der Waals surface area contributed by atoms with Crippen LogP contribution in [0.25, 0.3) is 0 Å². The SMILES string of the molecule is CCCCP(=O)(CCC)Cc1ccc(NC(=S)NN=C(C)C(C)=NNC(=S)NC)cc1. The van der Waals surface area contributed by atoms with Gasteiger partial charge in [-0.25, -0.2) is 0 Å². The van der Waals surface area contributed by atoms with Gasteiger partial charge in [0.1, 0.15) is 0 Å². The van der Waals surface area contributed by atoms with Crippen molar-refractivity contribution in [3.8, 4) is 0 Å². The summed E-state index contributed by atoms with van der Waals surface area (Å²) in [5.74, 6) is 0. The number of nitrogens with one attached hydrogen (secondary N) is 4. The third kappa shape index (κ3) is 10.8. The van der Waals surface area contributed by atoms with Crippen LogP contribution in [0.1, 0.15) is 52.5 Å². The number of hydrogen-bond donors (Lipinski definition) is 4. The van der Waals surface area contributed by atoms with Crippen molar-refractivity contribution in [3.05, 3.63) is 29.8 Å². The highest BCUT2D eigenvalue weighted by Crippen LogP contribution is 2.50. The van der Waals surface area contributed by atoms with Gasteiger partial charge in [0.2, 0.25) is 0 Å². The molecule has 0 spiro atoms. The number of hydrogen-bond acceptors (Lipinski definition) is 5. The Kier molecular flexibility index (Phi) is 12.5. The molecule has 4 N–H and O–H groups in total. The smallest absolute Gasteiger partial charge is 0.191 e. The molecular formula is C21H35N6OPS2. The molecule has 0 saturated heterocycles. The van der Waals surface area contributed by atoms with E-state index in [-0.39, 0.29) is 0 Å². The van der Waals surface area contributed by atoms with E-state index < -0.39 is 7.14 Å². The fourth-order valence-electron chi connectivity index (χ4n) is 2.80. The number of hydrazone groups is 2. The molecule has 1 aromatic rings. The molecular weight excluding hydrogens is 447 g/mol. The molecule has 10 heteroatoms. The van der Waals surface area contributed by atoms with Crippen molar-refractivity contribution in [2.75, 3.05) is 24.7 Å². The normalized spacial score (nSPS) is 13.8. The van der Waals surface area contributed by atoms with Crippen molar-refractivity contribution in [3.63, 3.8) is 0 Å². The van der Waals surface area contributed by atoms with Crippen LogP contribution in [0, 0.1) is 0 Å². The number of nitrogens with zero attached hydrogens (tertiary/aromatic N) is 2. The van der Waals surface area contributed by atoms with Crippen LogP contribution in [0.3, 0.4) is 0 Å². The molecule has 0 bridgehead atoms. The largest absolute Gasteiger partial charge is 0.364 e. The van der Waals surface area contributed by atoms with Gasteiger partial charge in [-0.1, -0.05) is 32.4 Å². The topological polar surface area (TPSA) is 89.9 Å². The lowest BCUT2D eigenvalue weighted by Crippen LogP contribution is -2.30. The summed E-state index contributed by atoms with van der Waals surface area (Å²) >= 11 is 10.3. The Balaban J connectivity index is 2.65. The van der Waals surface area contributed by atoms with E-state index in [1.807, 2.05) is 38.1 Å². The summed E-state index contributed by atoms with van der Waals surface area (Å²) in [5.41, 5.74) is 8.82. The van der Waals surface area contributed by atoms with Gasteiger partial charge < -0.3 is 15.2 Å². The highest BCUT2D eigenvalue weighted by molar-refractivity contribution is 7.80. The molecule has 31 heavy (non-hydrogen) atoms. The number of benzene rings is 1. The summed E-state index contributed by atoms with van der Waals surface area (Å²) in [6.07, 6.45) is 5.38. The summed E-state index contributed by atoms with van der Waals surface area (Å²) < 4.78 is 13.2. The Hall–Kier alpha value is -1.83. The van der Waals surface area contributed by atoms with Gasteiger partial charge in [-0.15, -0.1) is 0 Å². The lowest BCUT2D eigenvalue weighted by atomic mass is 10.2. The summed E-state index contributed by atoms with van der Waals surface area (Å²) in [6, 6.07) is 7.93. The van der Waals surface area contributed by atoms with E-state index in [0.29, 0.717) is 27.8 Å². The van der Waals surface area contributed by atoms with Gasteiger partial charge in [-0.05, 0) is 68.8 Å². The van der Waals surface area contributed by atoms with Gasteiger partial charge in [0.15, 0.2) is 10.2 Å². The molecule has 0 aromatic heterocycles. The standard InChI is InChI=1S/C21H35N6OPS2/c1-6-8-14-29(28,13-7-2)15-18-9-11-19(12-10-18)23-21(31)27-25-17(4)16(3)24-26-20(30)22-5/h9-12H,6-8,13-15H2,1-5H3,(H2,22,26,30)(H2,23,27,31). The molecule has 0 saturated carbocycles. The van der Waals surface area contributed by atoms with Crippen LogP contribution in [0.5, 0.6) is 0 Å². The maximum atomic E-state index is 13.2. The van der Waals surface area contributed by atoms with E-state index in [0.717, 1.165) is 42.8 Å². The predicted molar refractivity (Wildman–Crippen MR) is 143 cm³/mol. The van der Waals surface area contributed by atoms with Crippen molar-refractivity contribution in [2.45, 2.75) is 53.1 Å². The molecule has 1 rings (SSSR count). The first-order valence-electron chi connectivity index (χ1n) is 10.5. The zero-order chi connectivity index (χ0) is 23.3. The summed E-state index contributed by atoms with van der Waals surface area (Å²) in [6.45, 7) is 7.88. The average molecular weight is 483 g/mol. The fourth-order valence-corrected chi connectivity index (χ4v) is 6.13. The van der Waals surface area contributed by atoms with Crippen molar-refractivity contribution in [2.24, 2.45) is 10.2 Å². The average Bonchev–Trinajstić information content (AvgIpc) is 2.75. The molecule has 0 amide bonds. The minimum atomic E-state index is -2.15. The Morgan fingerprint density at radius 3 is 2.03 bits per heavy atom. The Morgan fingerprint density at radius 1 is 0.935 bits per heavy atom. The second-order valence-electron chi connectivity index (χ2n) is 7.37. The van der Waals surface area contributed by atoms with Gasteiger partial charge >= 0.3 is 0 Å². The van der Waals surface area contributed by atoms with Crippen molar-refractivity contribution >= 4 is 58.9 Å². The maximum Gasteiger partial charge on any atom is 0.191 e. The van der Waals surface area contributed by atoms with Gasteiger partial charge in [0.05, 0.1) is 18.6 Å². The Bertz CT molecular complexity index is 839. The molecule has 0 radical (unpaired) electrons. The first kappa shape index (κ1) is 27.2. The maximum absolute atomic E-state index is 13.2. The Labute approximate surface area is 197 Å². The molecule has 1 aromatic carbocycles. The van der Waals surface area contributed by atoms with E-state index in [2.05, 4.69) is 45.5 Å². The Morgan fingerprint density at radius 2 is 1.52 bits per heavy atom. The zero-order valence-electron chi connectivity index (χ0n) is 19.1. The molecule has 0 fully saturated rings. The summed E-state index contributed by atoms with van der Waals surface area (Å²) in [7, 11) is -0.433. The van der Waals surface area contributed by atoms with E-state index in [4.69, 9.17) is 24.4 Å². The highest BCUT2D eigenvalue weighted by Gasteiger charge is 2.20. The predicted octanol–water partition coefficient (Wildman–Crippen LogP) is 4.89. The molecule has 1 atom stereocenters. The zero-order valence-corrected chi connectivity index (χ0v) is 21.6. The number of rotatable bonds is 11. The summed E-state index contributed by atoms with van der Waals surface area (Å²) in [5, 5.41) is 15.0. The first-order valence-corrected chi connectivity index (χ1v) is 13.6. The second-order valence-corrected chi connectivity index (χ2v) is 11.5. The van der Waals surface area contributed by atoms with Gasteiger partial charge in [0.25, 0.3) is 0 Å². The third-order valence-corrected chi connectivity index (χ3v) is 8.46. The van der Waals surface area contributed by atoms with E-state index in [9.17, 15) is 4.57 Å². The molecule has 0 aliphatic heterocycles. The van der Waals surface area contributed by atoms with Crippen LogP contribution in [-0.4, -0.2) is 41.0 Å². The molecule has 0 heterocycles. The van der Waals surface area contributed by atoms with Crippen molar-refractivity contribution in [1.29, 1.82) is 0 Å². The molecule has 0 aliphatic carbocycles. The van der Waals surface area contributed by atoms with Crippen LogP contribution in [0.2, 0.25) is 0 Å². The lowest BCUT2D eigenvalue weighted by molar-refractivity contribution is 0.570. The highest BCUT2D eigenvalue weighted by atomic mass is 32.1. The first-order chi connectivity index (χ1) is 14.7. The minimum absolute atomic E-state index is 0.373. The van der Waals surface area contributed by atoms with E-state index >= 15 is 0 Å². The van der Waals surface area contributed by atoms with Gasteiger partial charge in [-0.3, -0.25) is 10.9 Å². The van der Waals surface area contributed by atoms with Crippen LogP contribution in [0.15, 0.2) is 34.5 Å². The third-order valence-electron chi connectivity index (χ3n) is 4.63. The molecule has 7 nitrogen and oxygen atoms in total. The fraction of sp³-hybridized carbons (Fsp3) is 0.524.